The molecular formula is C62H54B2N2S. The summed E-state index contributed by atoms with van der Waals surface area (Å²) >= 11 is 1.99. The van der Waals surface area contributed by atoms with Gasteiger partial charge in [0.25, 0.3) is 6.71 Å². The van der Waals surface area contributed by atoms with Crippen LogP contribution in [0.5, 0.6) is 0 Å². The van der Waals surface area contributed by atoms with Crippen LogP contribution in [0.4, 0.5) is 28.4 Å². The molecule has 13 rings (SSSR count). The van der Waals surface area contributed by atoms with E-state index in [1.54, 1.807) is 0 Å². The van der Waals surface area contributed by atoms with Crippen LogP contribution < -0.4 is 36.3 Å². The van der Waals surface area contributed by atoms with Crippen molar-refractivity contribution in [3.05, 3.63) is 180 Å². The fourth-order valence-electron chi connectivity index (χ4n) is 11.8. The first-order valence-electron chi connectivity index (χ1n) is 24.2. The fraction of sp³-hybridized carbons (Fsp3) is 0.194. The van der Waals surface area contributed by atoms with Crippen LogP contribution in [0, 0.1) is 0 Å². The van der Waals surface area contributed by atoms with Gasteiger partial charge in [0.15, 0.2) is 0 Å². The van der Waals surface area contributed by atoms with Crippen LogP contribution >= 0.6 is 11.3 Å². The molecule has 0 fully saturated rings. The van der Waals surface area contributed by atoms with Crippen molar-refractivity contribution in [2.75, 3.05) is 9.71 Å². The summed E-state index contributed by atoms with van der Waals surface area (Å²) in [5, 5.41) is 1.30. The predicted molar refractivity (Wildman–Crippen MR) is 293 cm³/mol. The second-order valence-electron chi connectivity index (χ2n) is 22.6. The number of anilines is 5. The molecule has 324 valence electrons. The van der Waals surface area contributed by atoms with Crippen molar-refractivity contribution in [2.24, 2.45) is 0 Å². The Hall–Kier alpha value is -6.55. The molecule has 5 heterocycles. The average molecular weight is 881 g/mol. The van der Waals surface area contributed by atoms with E-state index in [0.717, 1.165) is 0 Å². The van der Waals surface area contributed by atoms with Gasteiger partial charge >= 0.3 is 6.85 Å². The summed E-state index contributed by atoms with van der Waals surface area (Å²) in [5.74, 6) is 0. The Bertz CT molecular complexity index is 3490. The first kappa shape index (κ1) is 40.7. The molecule has 9 aromatic rings. The highest BCUT2D eigenvalue weighted by Crippen LogP contribution is 2.54. The van der Waals surface area contributed by atoms with Gasteiger partial charge < -0.3 is 9.71 Å². The maximum Gasteiger partial charge on any atom is 0.329 e. The maximum atomic E-state index is 2.83. The van der Waals surface area contributed by atoms with Gasteiger partial charge in [-0.15, -0.1) is 11.3 Å². The van der Waals surface area contributed by atoms with Crippen LogP contribution in [0.2, 0.25) is 0 Å². The Morgan fingerprint density at radius 3 is 1.55 bits per heavy atom. The highest BCUT2D eigenvalue weighted by molar-refractivity contribution is 7.34. The van der Waals surface area contributed by atoms with Crippen LogP contribution in [-0.2, 0) is 16.2 Å². The second kappa shape index (κ2) is 14.0. The molecular weight excluding hydrogens is 826 g/mol. The lowest BCUT2D eigenvalue weighted by Crippen LogP contribution is -2.69. The zero-order chi connectivity index (χ0) is 45.9. The van der Waals surface area contributed by atoms with Crippen LogP contribution in [0.3, 0.4) is 0 Å². The average Bonchev–Trinajstić information content (AvgIpc) is 3.71. The van der Waals surface area contributed by atoms with Crippen LogP contribution in [0.25, 0.3) is 54.6 Å². The predicted octanol–water partition coefficient (Wildman–Crippen LogP) is 13.6. The number of benzene rings is 8. The van der Waals surface area contributed by atoms with Crippen molar-refractivity contribution >= 4 is 90.0 Å². The molecule has 0 unspecified atom stereocenters. The number of nitrogens with zero attached hydrogens (tertiary/aromatic N) is 2. The summed E-state index contributed by atoms with van der Waals surface area (Å²) in [6.07, 6.45) is 0. The van der Waals surface area contributed by atoms with E-state index >= 15 is 0 Å². The molecule has 0 bridgehead atoms. The molecule has 0 atom stereocenters. The lowest BCUT2D eigenvalue weighted by Gasteiger charge is -2.51. The third kappa shape index (κ3) is 5.96. The van der Waals surface area contributed by atoms with Crippen molar-refractivity contribution in [1.82, 2.24) is 0 Å². The van der Waals surface area contributed by atoms with Gasteiger partial charge in [-0.05, 0) is 125 Å². The molecule has 0 radical (unpaired) electrons. The van der Waals surface area contributed by atoms with E-state index < -0.39 is 0 Å². The molecule has 4 aliphatic heterocycles. The van der Waals surface area contributed by atoms with Gasteiger partial charge in [-0.2, -0.15) is 0 Å². The van der Waals surface area contributed by atoms with Gasteiger partial charge in [-0.3, -0.25) is 0 Å². The van der Waals surface area contributed by atoms with Crippen molar-refractivity contribution in [3.63, 3.8) is 0 Å². The molecule has 4 aliphatic rings. The van der Waals surface area contributed by atoms with Gasteiger partial charge in [0, 0.05) is 48.7 Å². The maximum absolute atomic E-state index is 2.83. The summed E-state index contributed by atoms with van der Waals surface area (Å²) in [6.45, 7) is 21.4. The molecule has 5 heteroatoms. The largest absolute Gasteiger partial charge is 0.377 e. The Morgan fingerprint density at radius 1 is 0.418 bits per heavy atom. The zero-order valence-electron chi connectivity index (χ0n) is 40.0. The first-order chi connectivity index (χ1) is 32.1. The number of fused-ring (bicyclic) bond motifs is 11. The summed E-state index contributed by atoms with van der Waals surface area (Å²) in [4.78, 5) is 5.49. The summed E-state index contributed by atoms with van der Waals surface area (Å²) < 4.78 is 2.74. The van der Waals surface area contributed by atoms with Gasteiger partial charge in [0.05, 0.1) is 5.69 Å². The zero-order valence-corrected chi connectivity index (χ0v) is 40.9. The number of thiophene rings is 1. The summed E-state index contributed by atoms with van der Waals surface area (Å²) in [7, 11) is 0. The molecule has 0 aliphatic carbocycles. The highest BCUT2D eigenvalue weighted by Gasteiger charge is 2.53. The topological polar surface area (TPSA) is 6.48 Å². The molecule has 0 saturated carbocycles. The number of hydrogen-bond acceptors (Lipinski definition) is 3. The quantitative estimate of drug-likeness (QED) is 0.163. The van der Waals surface area contributed by atoms with Crippen molar-refractivity contribution in [2.45, 2.75) is 78.6 Å². The van der Waals surface area contributed by atoms with Crippen molar-refractivity contribution < 1.29 is 0 Å². The minimum atomic E-state index is -0.0651. The Balaban J connectivity index is 1.19. The second-order valence-corrected chi connectivity index (χ2v) is 23.6. The van der Waals surface area contributed by atoms with Crippen LogP contribution in [0.1, 0.15) is 79.0 Å². The summed E-state index contributed by atoms with van der Waals surface area (Å²) in [5.41, 5.74) is 26.5. The van der Waals surface area contributed by atoms with E-state index in [9.17, 15) is 0 Å². The van der Waals surface area contributed by atoms with Gasteiger partial charge in [0.1, 0.15) is 0 Å². The monoisotopic (exact) mass is 880 g/mol. The third-order valence-electron chi connectivity index (χ3n) is 15.3. The highest BCUT2D eigenvalue weighted by atomic mass is 32.1. The van der Waals surface area contributed by atoms with E-state index in [1.165, 1.54) is 126 Å². The van der Waals surface area contributed by atoms with E-state index in [-0.39, 0.29) is 29.8 Å². The Labute approximate surface area is 401 Å². The molecule has 0 N–H and O–H groups in total. The van der Waals surface area contributed by atoms with E-state index in [2.05, 4.69) is 236 Å². The van der Waals surface area contributed by atoms with Gasteiger partial charge in [0.2, 0.25) is 0 Å². The minimum absolute atomic E-state index is 0.00143. The van der Waals surface area contributed by atoms with Gasteiger partial charge in [-0.25, -0.2) is 0 Å². The third-order valence-corrected chi connectivity index (χ3v) is 16.5. The normalized spacial score (nSPS) is 14.2. The van der Waals surface area contributed by atoms with E-state index in [0.29, 0.717) is 0 Å². The lowest BCUT2D eigenvalue weighted by molar-refractivity contribution is 0.590. The SMILES string of the molecule is CC(C)(C)c1ccc2c(c1)B1c3cc(C(C)(C)C)ccc3-c3ccc4c5c3N1c1c(cc(C(C)(C)C)cc1-2)B5c1sc2ccccc2c1N4c1cc(-c2ccccc2)cc(-c2ccccc2)c1. The summed E-state index contributed by atoms with van der Waals surface area (Å²) in [6, 6.07) is 63.3. The van der Waals surface area contributed by atoms with Crippen LogP contribution in [-0.4, -0.2) is 13.6 Å². The molecule has 0 saturated heterocycles. The number of rotatable bonds is 3. The Kier molecular flexibility index (Phi) is 8.50. The number of hydrogen-bond donors (Lipinski definition) is 0. The Morgan fingerprint density at radius 2 is 0.955 bits per heavy atom. The molecule has 0 amide bonds. The van der Waals surface area contributed by atoms with E-state index in [4.69, 9.17) is 0 Å². The smallest absolute Gasteiger partial charge is 0.329 e. The van der Waals surface area contributed by atoms with Crippen molar-refractivity contribution in [3.8, 4) is 44.5 Å². The molecule has 67 heavy (non-hydrogen) atoms. The van der Waals surface area contributed by atoms with Gasteiger partial charge in [-0.1, -0.05) is 190 Å². The fourth-order valence-corrected chi connectivity index (χ4v) is 13.1. The first-order valence-corrected chi connectivity index (χ1v) is 25.0. The molecule has 8 aromatic carbocycles. The minimum Gasteiger partial charge on any atom is -0.377 e. The van der Waals surface area contributed by atoms with Crippen LogP contribution in [0.15, 0.2) is 164 Å². The molecule has 0 spiro atoms. The standard InChI is InChI=1S/C62H54B2N2S/c1-60(2,3)41-24-26-45-47-28-29-53-55-57(47)66-56-49(46-27-25-42(61(4,5)6)35-51(46)64(66)50(45)34-41)33-43(62(7,8)9)36-52(56)63(55)59-58(48-22-16-17-23-54(48)67-59)65(53)44-31-39(37-18-12-10-13-19-37)30-40(32-44)38-20-14-11-15-21-38/h10-36H,1-9H3. The lowest BCUT2D eigenvalue weighted by atomic mass is 9.32. The molecule has 1 aromatic heterocycles. The van der Waals surface area contributed by atoms with E-state index in [1.807, 2.05) is 11.3 Å². The molecule has 2 nitrogen and oxygen atoms in total. The van der Waals surface area contributed by atoms with Crippen molar-refractivity contribution in [1.29, 1.82) is 0 Å².